The molecule has 82 valence electrons. The van der Waals surface area contributed by atoms with Gasteiger partial charge in [0.25, 0.3) is 0 Å². The highest BCUT2D eigenvalue weighted by molar-refractivity contribution is 5.59. The molecule has 1 aromatic carbocycles. The van der Waals surface area contributed by atoms with Crippen molar-refractivity contribution in [3.8, 4) is 5.75 Å². The molecule has 0 saturated heterocycles. The summed E-state index contributed by atoms with van der Waals surface area (Å²) in [5.41, 5.74) is 1.08. The van der Waals surface area contributed by atoms with E-state index in [2.05, 4.69) is 25.5 Å². The molecule has 0 amide bonds. The summed E-state index contributed by atoms with van der Waals surface area (Å²) in [7, 11) is 0. The average molecular weight is 217 g/mol. The normalized spacial score (nSPS) is 14.4. The molecule has 0 unspecified atom stereocenters. The summed E-state index contributed by atoms with van der Waals surface area (Å²) >= 11 is 0. The van der Waals surface area contributed by atoms with Crippen LogP contribution in [0.4, 0.5) is 5.69 Å². The van der Waals surface area contributed by atoms with Gasteiger partial charge in [0.15, 0.2) is 5.82 Å². The monoisotopic (exact) mass is 217 g/mol. The largest absolute Gasteiger partial charge is 0.490 e. The van der Waals surface area contributed by atoms with E-state index in [1.165, 1.54) is 0 Å². The summed E-state index contributed by atoms with van der Waals surface area (Å²) in [5.74, 6) is 1.61. The summed E-state index contributed by atoms with van der Waals surface area (Å²) in [4.78, 5) is 2.18. The molecule has 6 nitrogen and oxygen atoms in total. The van der Waals surface area contributed by atoms with Crippen LogP contribution in [0.2, 0.25) is 0 Å². The van der Waals surface area contributed by atoms with Gasteiger partial charge in [-0.15, -0.1) is 10.2 Å². The summed E-state index contributed by atoms with van der Waals surface area (Å²) in [6.07, 6.45) is 0. The Labute approximate surface area is 92.2 Å². The maximum absolute atomic E-state index is 5.57. The highest BCUT2D eigenvalue weighted by atomic mass is 16.5. The number of nitrogens with zero attached hydrogens (tertiary/aromatic N) is 4. The third-order valence-corrected chi connectivity index (χ3v) is 2.55. The minimum absolute atomic E-state index is 0.650. The molecule has 0 fully saturated rings. The van der Waals surface area contributed by atoms with Crippen LogP contribution in [0.15, 0.2) is 24.3 Å². The van der Waals surface area contributed by atoms with Crippen molar-refractivity contribution in [2.24, 2.45) is 0 Å². The number of fused-ring (bicyclic) bond motifs is 1. The van der Waals surface area contributed by atoms with Gasteiger partial charge >= 0.3 is 0 Å². The van der Waals surface area contributed by atoms with Crippen LogP contribution in [-0.4, -0.2) is 33.8 Å². The molecule has 2 aromatic rings. The highest BCUT2D eigenvalue weighted by Gasteiger charge is 2.18. The Kier molecular flexibility index (Phi) is 2.17. The van der Waals surface area contributed by atoms with Crippen LogP contribution < -0.4 is 9.64 Å². The minimum Gasteiger partial charge on any atom is -0.490 e. The Morgan fingerprint density at radius 1 is 1.38 bits per heavy atom. The number of nitrogens with one attached hydrogen (secondary N) is 1. The van der Waals surface area contributed by atoms with Gasteiger partial charge in [-0.05, 0) is 12.1 Å². The fourth-order valence-corrected chi connectivity index (χ4v) is 1.81. The van der Waals surface area contributed by atoms with Crippen molar-refractivity contribution in [1.29, 1.82) is 0 Å². The third-order valence-electron chi connectivity index (χ3n) is 2.55. The highest BCUT2D eigenvalue weighted by Crippen LogP contribution is 2.31. The fourth-order valence-electron chi connectivity index (χ4n) is 1.81. The van der Waals surface area contributed by atoms with Crippen molar-refractivity contribution in [1.82, 2.24) is 20.6 Å². The number of aromatic nitrogens is 4. The fraction of sp³-hybridized carbons (Fsp3) is 0.300. The van der Waals surface area contributed by atoms with Crippen molar-refractivity contribution in [3.63, 3.8) is 0 Å². The molecular formula is C10H11N5O. The van der Waals surface area contributed by atoms with Gasteiger partial charge in [0, 0.05) is 0 Å². The molecule has 1 aromatic heterocycles. The molecule has 0 aliphatic carbocycles. The second-order valence-electron chi connectivity index (χ2n) is 3.57. The summed E-state index contributed by atoms with van der Waals surface area (Å²) in [5, 5.41) is 13.9. The Morgan fingerprint density at radius 3 is 3.19 bits per heavy atom. The molecule has 16 heavy (non-hydrogen) atoms. The number of ether oxygens (including phenoxy) is 1. The van der Waals surface area contributed by atoms with Gasteiger partial charge < -0.3 is 9.64 Å². The first-order valence-electron chi connectivity index (χ1n) is 5.12. The quantitative estimate of drug-likeness (QED) is 0.797. The number of para-hydroxylation sites is 2. The lowest BCUT2D eigenvalue weighted by Gasteiger charge is -2.29. The van der Waals surface area contributed by atoms with Crippen molar-refractivity contribution in [3.05, 3.63) is 30.1 Å². The Hall–Kier alpha value is -2.11. The number of hydrogen-bond donors (Lipinski definition) is 1. The molecular weight excluding hydrogens is 206 g/mol. The number of tetrazole rings is 1. The van der Waals surface area contributed by atoms with E-state index in [0.717, 1.165) is 18.0 Å². The second kappa shape index (κ2) is 3.80. The van der Waals surface area contributed by atoms with Crippen LogP contribution in [-0.2, 0) is 6.54 Å². The predicted molar refractivity (Wildman–Crippen MR) is 57.2 cm³/mol. The summed E-state index contributed by atoms with van der Waals surface area (Å²) < 4.78 is 5.57. The number of aromatic amines is 1. The van der Waals surface area contributed by atoms with E-state index in [4.69, 9.17) is 4.74 Å². The van der Waals surface area contributed by atoms with Crippen molar-refractivity contribution < 1.29 is 4.74 Å². The molecule has 0 atom stereocenters. The van der Waals surface area contributed by atoms with Gasteiger partial charge in [-0.2, -0.15) is 5.21 Å². The standard InChI is InChI=1S/C10H11N5O/c1-2-4-9-8(3-1)15(5-6-16-9)7-10-11-13-14-12-10/h1-4H,5-7H2,(H,11,12,13,14). The molecule has 1 N–H and O–H groups in total. The van der Waals surface area contributed by atoms with E-state index in [1.54, 1.807) is 0 Å². The molecule has 0 bridgehead atoms. The van der Waals surface area contributed by atoms with Gasteiger partial charge in [0.05, 0.1) is 18.8 Å². The molecule has 6 heteroatoms. The summed E-state index contributed by atoms with van der Waals surface area (Å²) in [6, 6.07) is 7.97. The first-order chi connectivity index (χ1) is 7.93. The predicted octanol–water partition coefficient (Wildman–Crippen LogP) is 0.599. The molecule has 1 aliphatic rings. The summed E-state index contributed by atoms with van der Waals surface area (Å²) in [6.45, 7) is 2.18. The van der Waals surface area contributed by atoms with Gasteiger partial charge in [-0.1, -0.05) is 17.3 Å². The Balaban J connectivity index is 1.87. The molecule has 3 rings (SSSR count). The van der Waals surface area contributed by atoms with Crippen molar-refractivity contribution in [2.75, 3.05) is 18.1 Å². The van der Waals surface area contributed by atoms with Gasteiger partial charge in [0.2, 0.25) is 0 Å². The van der Waals surface area contributed by atoms with Crippen LogP contribution in [0.1, 0.15) is 5.82 Å². The van der Waals surface area contributed by atoms with E-state index in [0.29, 0.717) is 19.0 Å². The number of benzene rings is 1. The Bertz CT molecular complexity index is 470. The molecule has 0 saturated carbocycles. The van der Waals surface area contributed by atoms with E-state index in [9.17, 15) is 0 Å². The van der Waals surface area contributed by atoms with E-state index in [-0.39, 0.29) is 0 Å². The van der Waals surface area contributed by atoms with Crippen molar-refractivity contribution in [2.45, 2.75) is 6.54 Å². The zero-order valence-corrected chi connectivity index (χ0v) is 8.63. The van der Waals surface area contributed by atoms with Gasteiger partial charge in [0.1, 0.15) is 12.4 Å². The molecule has 0 radical (unpaired) electrons. The molecule has 2 heterocycles. The van der Waals surface area contributed by atoms with Crippen molar-refractivity contribution >= 4 is 5.69 Å². The van der Waals surface area contributed by atoms with Crippen LogP contribution in [0.3, 0.4) is 0 Å². The number of rotatable bonds is 2. The number of H-pyrrole nitrogens is 1. The Morgan fingerprint density at radius 2 is 2.31 bits per heavy atom. The van der Waals surface area contributed by atoms with E-state index in [1.807, 2.05) is 24.3 Å². The first kappa shape index (κ1) is 9.14. The van der Waals surface area contributed by atoms with E-state index >= 15 is 0 Å². The molecule has 1 aliphatic heterocycles. The molecule has 0 spiro atoms. The lowest BCUT2D eigenvalue weighted by molar-refractivity contribution is 0.306. The maximum atomic E-state index is 5.57. The topological polar surface area (TPSA) is 66.9 Å². The number of anilines is 1. The minimum atomic E-state index is 0.650. The van der Waals surface area contributed by atoms with Crippen LogP contribution in [0.25, 0.3) is 0 Å². The smallest absolute Gasteiger partial charge is 0.193 e. The zero-order valence-electron chi connectivity index (χ0n) is 8.63. The average Bonchev–Trinajstić information content (AvgIpc) is 2.82. The first-order valence-corrected chi connectivity index (χ1v) is 5.12. The lowest BCUT2D eigenvalue weighted by atomic mass is 10.2. The zero-order chi connectivity index (χ0) is 10.8. The third kappa shape index (κ3) is 1.58. The van der Waals surface area contributed by atoms with Gasteiger partial charge in [-0.3, -0.25) is 0 Å². The van der Waals surface area contributed by atoms with Crippen LogP contribution in [0.5, 0.6) is 5.75 Å². The number of hydrogen-bond acceptors (Lipinski definition) is 5. The lowest BCUT2D eigenvalue weighted by Crippen LogP contribution is -2.32. The van der Waals surface area contributed by atoms with Crippen LogP contribution in [0, 0.1) is 0 Å². The second-order valence-corrected chi connectivity index (χ2v) is 3.57. The van der Waals surface area contributed by atoms with Crippen LogP contribution >= 0.6 is 0 Å². The SMILES string of the molecule is c1ccc2c(c1)OCCN2Cc1nn[nH]n1. The van der Waals surface area contributed by atoms with Gasteiger partial charge in [-0.25, -0.2) is 0 Å². The maximum Gasteiger partial charge on any atom is 0.193 e. The van der Waals surface area contributed by atoms with E-state index < -0.39 is 0 Å².